The lowest BCUT2D eigenvalue weighted by molar-refractivity contribution is -0.126. The molecule has 2 aromatic carbocycles. The number of rotatable bonds is 4. The molecule has 6 rings (SSSR count). The van der Waals surface area contributed by atoms with E-state index in [0.717, 1.165) is 11.5 Å². The Kier molecular flexibility index (Phi) is 4.50. The quantitative estimate of drug-likeness (QED) is 0.552. The zero-order chi connectivity index (χ0) is 22.1. The highest BCUT2D eigenvalue weighted by Crippen LogP contribution is 2.80. The van der Waals surface area contributed by atoms with E-state index < -0.39 is 0 Å². The molecular weight excluding hydrogens is 396 g/mol. The minimum absolute atomic E-state index is 0.0584. The van der Waals surface area contributed by atoms with Crippen LogP contribution in [0.2, 0.25) is 0 Å². The zero-order valence-electron chi connectivity index (χ0n) is 19.9. The van der Waals surface area contributed by atoms with E-state index in [4.69, 9.17) is 14.2 Å². The Morgan fingerprint density at radius 1 is 0.844 bits per heavy atom. The monoisotopic (exact) mass is 432 g/mol. The van der Waals surface area contributed by atoms with Crippen molar-refractivity contribution in [2.45, 2.75) is 69.3 Å². The smallest absolute Gasteiger partial charge is 0.119 e. The lowest BCUT2D eigenvalue weighted by Crippen LogP contribution is -2.54. The van der Waals surface area contributed by atoms with E-state index in [-0.39, 0.29) is 11.0 Å². The van der Waals surface area contributed by atoms with Gasteiger partial charge in [0.15, 0.2) is 0 Å². The number of aryl methyl sites for hydroxylation is 1. The molecule has 3 nitrogen and oxygen atoms in total. The van der Waals surface area contributed by atoms with E-state index in [1.165, 1.54) is 56.1 Å². The van der Waals surface area contributed by atoms with Gasteiger partial charge in [0, 0.05) is 12.5 Å². The fourth-order valence-corrected chi connectivity index (χ4v) is 9.07. The fourth-order valence-electron chi connectivity index (χ4n) is 9.07. The van der Waals surface area contributed by atoms with Crippen LogP contribution in [-0.2, 0) is 11.2 Å². The van der Waals surface area contributed by atoms with Crippen molar-refractivity contribution in [3.63, 3.8) is 0 Å². The van der Waals surface area contributed by atoms with E-state index in [1.54, 1.807) is 19.8 Å². The van der Waals surface area contributed by atoms with Crippen LogP contribution in [0.15, 0.2) is 42.5 Å². The maximum atomic E-state index is 6.42. The van der Waals surface area contributed by atoms with Gasteiger partial charge >= 0.3 is 0 Å². The van der Waals surface area contributed by atoms with Crippen molar-refractivity contribution in [3.8, 4) is 11.5 Å². The van der Waals surface area contributed by atoms with Crippen LogP contribution >= 0.6 is 0 Å². The van der Waals surface area contributed by atoms with Crippen molar-refractivity contribution in [3.05, 3.63) is 59.2 Å². The third-order valence-corrected chi connectivity index (χ3v) is 10.6. The maximum Gasteiger partial charge on any atom is 0.119 e. The first kappa shape index (κ1) is 20.6. The van der Waals surface area contributed by atoms with Crippen LogP contribution in [-0.4, -0.2) is 26.9 Å². The summed E-state index contributed by atoms with van der Waals surface area (Å²) in [5.41, 5.74) is 5.24. The minimum atomic E-state index is 0.0584. The number of hydrogen-bond donors (Lipinski definition) is 0. The van der Waals surface area contributed by atoms with Gasteiger partial charge in [0.2, 0.25) is 0 Å². The number of ether oxygens (including phenoxy) is 3. The topological polar surface area (TPSA) is 27.7 Å². The highest BCUT2D eigenvalue weighted by atomic mass is 16.5. The summed E-state index contributed by atoms with van der Waals surface area (Å²) in [6, 6.07) is 15.8. The van der Waals surface area contributed by atoms with Gasteiger partial charge in [-0.3, -0.25) is 0 Å². The standard InChI is InChI=1S/C29H36O3/c1-27-18-24(19-5-8-21(30-2)9-6-19)26-23-11-10-22(31-3)17-20(23)7-12-25(26)28(27)13-15-29(27,32-4)16-14-28/h5-6,8-11,17,24-26H,7,12-16,18H2,1-4H3/t24-,25?,26?,27+,28?,29?/m1/s1. The third kappa shape index (κ3) is 2.41. The molecule has 4 aliphatic rings. The highest BCUT2D eigenvalue weighted by Gasteiger charge is 2.75. The Hall–Kier alpha value is -2.00. The summed E-state index contributed by atoms with van der Waals surface area (Å²) in [7, 11) is 5.50. The van der Waals surface area contributed by atoms with Gasteiger partial charge in [-0.05, 0) is 109 Å². The molecule has 0 spiro atoms. The normalized spacial score (nSPS) is 39.2. The Balaban J connectivity index is 1.52. The summed E-state index contributed by atoms with van der Waals surface area (Å²) in [6.07, 6.45) is 8.79. The predicted molar refractivity (Wildman–Crippen MR) is 127 cm³/mol. The van der Waals surface area contributed by atoms with Gasteiger partial charge in [-0.15, -0.1) is 0 Å². The molecule has 0 amide bonds. The van der Waals surface area contributed by atoms with E-state index in [9.17, 15) is 0 Å². The largest absolute Gasteiger partial charge is 0.497 e. The molecule has 0 aliphatic heterocycles. The molecule has 0 N–H and O–H groups in total. The second-order valence-electron chi connectivity index (χ2n) is 11.0. The predicted octanol–water partition coefficient (Wildman–Crippen LogP) is 6.50. The second kappa shape index (κ2) is 7.00. The molecule has 0 radical (unpaired) electrons. The van der Waals surface area contributed by atoms with Gasteiger partial charge in [-0.2, -0.15) is 0 Å². The van der Waals surface area contributed by atoms with Gasteiger partial charge in [-0.1, -0.05) is 25.1 Å². The number of benzene rings is 2. The minimum Gasteiger partial charge on any atom is -0.497 e. The SMILES string of the molecule is COc1ccc([C@H]2C[C@]3(C)C4(OC)CCC3(CC4)C3CCc4cc(OC)ccc4C32)cc1. The van der Waals surface area contributed by atoms with Gasteiger partial charge in [0.25, 0.3) is 0 Å². The first-order valence-electron chi connectivity index (χ1n) is 12.4. The first-order valence-corrected chi connectivity index (χ1v) is 12.4. The van der Waals surface area contributed by atoms with E-state index >= 15 is 0 Å². The molecule has 0 aromatic heterocycles. The average molecular weight is 433 g/mol. The lowest BCUT2D eigenvalue weighted by Gasteiger charge is -2.60. The van der Waals surface area contributed by atoms with Gasteiger partial charge < -0.3 is 14.2 Å². The molecule has 2 bridgehead atoms. The molecule has 2 unspecified atom stereocenters. The van der Waals surface area contributed by atoms with Crippen LogP contribution in [0.5, 0.6) is 11.5 Å². The average Bonchev–Trinajstić information content (AvgIpc) is 3.26. The molecule has 0 saturated heterocycles. The van der Waals surface area contributed by atoms with Gasteiger partial charge in [0.1, 0.15) is 11.5 Å². The van der Waals surface area contributed by atoms with E-state index in [1.807, 2.05) is 7.11 Å². The van der Waals surface area contributed by atoms with Crippen molar-refractivity contribution in [1.29, 1.82) is 0 Å². The molecule has 170 valence electrons. The molecule has 3 heteroatoms. The highest BCUT2D eigenvalue weighted by molar-refractivity contribution is 5.45. The Morgan fingerprint density at radius 3 is 2.19 bits per heavy atom. The number of fused-ring (bicyclic) bond motifs is 3. The summed E-state index contributed by atoms with van der Waals surface area (Å²) in [5.74, 6) is 3.71. The van der Waals surface area contributed by atoms with Crippen molar-refractivity contribution in [2.75, 3.05) is 21.3 Å². The second-order valence-corrected chi connectivity index (χ2v) is 11.0. The first-order chi connectivity index (χ1) is 15.5. The van der Waals surface area contributed by atoms with Crippen LogP contribution in [0.25, 0.3) is 0 Å². The fraction of sp³-hybridized carbons (Fsp3) is 0.586. The molecule has 3 saturated carbocycles. The summed E-state index contributed by atoms with van der Waals surface area (Å²) >= 11 is 0. The zero-order valence-corrected chi connectivity index (χ0v) is 19.9. The summed E-state index contributed by atoms with van der Waals surface area (Å²) < 4.78 is 17.5. The van der Waals surface area contributed by atoms with Crippen LogP contribution in [0, 0.1) is 16.7 Å². The molecule has 32 heavy (non-hydrogen) atoms. The molecule has 4 atom stereocenters. The number of methoxy groups -OCH3 is 3. The summed E-state index contributed by atoms with van der Waals surface area (Å²) in [5, 5.41) is 0. The van der Waals surface area contributed by atoms with Crippen LogP contribution in [0.4, 0.5) is 0 Å². The van der Waals surface area contributed by atoms with Crippen molar-refractivity contribution < 1.29 is 14.2 Å². The lowest BCUT2D eigenvalue weighted by atomic mass is 9.45. The van der Waals surface area contributed by atoms with Crippen molar-refractivity contribution in [1.82, 2.24) is 0 Å². The van der Waals surface area contributed by atoms with Gasteiger partial charge in [-0.25, -0.2) is 0 Å². The third-order valence-electron chi connectivity index (χ3n) is 10.6. The molecule has 0 heterocycles. The van der Waals surface area contributed by atoms with Gasteiger partial charge in [0.05, 0.1) is 19.8 Å². The van der Waals surface area contributed by atoms with E-state index in [2.05, 4.69) is 49.4 Å². The Bertz CT molecular complexity index is 1020. The summed E-state index contributed by atoms with van der Waals surface area (Å²) in [4.78, 5) is 0. The molecule has 2 aromatic rings. The van der Waals surface area contributed by atoms with Crippen molar-refractivity contribution >= 4 is 0 Å². The van der Waals surface area contributed by atoms with Crippen LogP contribution in [0.1, 0.15) is 74.0 Å². The molecular formula is C29H36O3. The summed E-state index contributed by atoms with van der Waals surface area (Å²) in [6.45, 7) is 2.59. The van der Waals surface area contributed by atoms with Crippen LogP contribution < -0.4 is 9.47 Å². The Labute approximate surface area is 192 Å². The van der Waals surface area contributed by atoms with E-state index in [0.29, 0.717) is 23.2 Å². The number of hydrogen-bond acceptors (Lipinski definition) is 3. The van der Waals surface area contributed by atoms with Crippen molar-refractivity contribution in [2.24, 2.45) is 16.7 Å². The molecule has 4 aliphatic carbocycles. The van der Waals surface area contributed by atoms with Crippen LogP contribution in [0.3, 0.4) is 0 Å². The maximum absolute atomic E-state index is 6.42. The Morgan fingerprint density at radius 2 is 1.53 bits per heavy atom. The molecule has 3 fully saturated rings.